The van der Waals surface area contributed by atoms with Crippen molar-refractivity contribution in [1.29, 1.82) is 0 Å². The van der Waals surface area contributed by atoms with Gasteiger partial charge >= 0.3 is 0 Å². The second-order valence-corrected chi connectivity index (χ2v) is 8.06. The topological polar surface area (TPSA) is 46.2 Å². The zero-order valence-electron chi connectivity index (χ0n) is 14.4. The predicted octanol–water partition coefficient (Wildman–Crippen LogP) is 4.36. The molecule has 3 N–H and O–H groups in total. The lowest BCUT2D eigenvalue weighted by Gasteiger charge is -2.52. The van der Waals surface area contributed by atoms with Crippen LogP contribution in [0, 0.1) is 23.2 Å². The molecule has 120 valence electrons. The Morgan fingerprint density at radius 2 is 1.55 bits per heavy atom. The molecule has 0 radical (unpaired) electrons. The first kappa shape index (κ1) is 18.0. The van der Waals surface area contributed by atoms with Crippen LogP contribution in [0.1, 0.15) is 79.6 Å². The lowest BCUT2D eigenvalue weighted by Crippen LogP contribution is -2.55. The normalized spacial score (nSPS) is 28.4. The Morgan fingerprint density at radius 3 is 1.85 bits per heavy atom. The maximum absolute atomic E-state index is 11.5. The average molecular weight is 284 g/mol. The van der Waals surface area contributed by atoms with E-state index in [1.165, 1.54) is 19.3 Å². The Labute approximate surface area is 126 Å². The lowest BCUT2D eigenvalue weighted by atomic mass is 9.57. The summed E-state index contributed by atoms with van der Waals surface area (Å²) in [4.78, 5) is 0. The molecular formula is C18H37NO. The first-order valence-corrected chi connectivity index (χ1v) is 8.71. The molecule has 1 aliphatic carbocycles. The van der Waals surface area contributed by atoms with Crippen molar-refractivity contribution >= 4 is 0 Å². The van der Waals surface area contributed by atoms with E-state index in [1.807, 2.05) is 0 Å². The minimum Gasteiger partial charge on any atom is -0.389 e. The van der Waals surface area contributed by atoms with Crippen molar-refractivity contribution in [3.63, 3.8) is 0 Å². The first-order chi connectivity index (χ1) is 9.28. The predicted molar refractivity (Wildman–Crippen MR) is 87.6 cm³/mol. The molecule has 1 rings (SSSR count). The fourth-order valence-corrected chi connectivity index (χ4v) is 4.36. The smallest absolute Gasteiger partial charge is 0.0720 e. The van der Waals surface area contributed by atoms with Crippen molar-refractivity contribution in [2.24, 2.45) is 28.9 Å². The molecular weight excluding hydrogens is 246 g/mol. The second-order valence-electron chi connectivity index (χ2n) is 8.06. The van der Waals surface area contributed by atoms with E-state index in [4.69, 9.17) is 5.73 Å². The summed E-state index contributed by atoms with van der Waals surface area (Å²) in [6, 6.07) is 0. The Kier molecular flexibility index (Phi) is 6.53. The quantitative estimate of drug-likeness (QED) is 0.729. The molecule has 0 bridgehead atoms. The lowest BCUT2D eigenvalue weighted by molar-refractivity contribution is -0.128. The van der Waals surface area contributed by atoms with Crippen molar-refractivity contribution in [2.45, 2.75) is 85.2 Å². The maximum atomic E-state index is 11.5. The van der Waals surface area contributed by atoms with Crippen LogP contribution >= 0.6 is 0 Å². The van der Waals surface area contributed by atoms with Crippen molar-refractivity contribution in [1.82, 2.24) is 0 Å². The van der Waals surface area contributed by atoms with E-state index in [0.717, 1.165) is 31.6 Å². The highest BCUT2D eigenvalue weighted by atomic mass is 16.3. The molecule has 0 aromatic carbocycles. The van der Waals surface area contributed by atoms with Gasteiger partial charge in [-0.05, 0) is 56.3 Å². The minimum atomic E-state index is -0.581. The molecule has 1 saturated carbocycles. The Morgan fingerprint density at radius 1 is 1.10 bits per heavy atom. The van der Waals surface area contributed by atoms with Gasteiger partial charge in [0.15, 0.2) is 0 Å². The van der Waals surface area contributed by atoms with Crippen LogP contribution in [0.5, 0.6) is 0 Å². The summed E-state index contributed by atoms with van der Waals surface area (Å²) in [5.41, 5.74) is 5.57. The molecule has 20 heavy (non-hydrogen) atoms. The summed E-state index contributed by atoms with van der Waals surface area (Å²) in [6.07, 6.45) is 7.75. The highest BCUT2D eigenvalue weighted by Crippen LogP contribution is 2.51. The van der Waals surface area contributed by atoms with Gasteiger partial charge in [-0.3, -0.25) is 0 Å². The molecule has 2 heteroatoms. The standard InChI is InChI=1S/C18H37NO/c1-6-16-7-9-17(13-19,10-8-16)18(20,11-14(2)3)12-15(4)5/h14-16,20H,6-13,19H2,1-5H3. The summed E-state index contributed by atoms with van der Waals surface area (Å²) in [6.45, 7) is 11.8. The van der Waals surface area contributed by atoms with Crippen LogP contribution in [-0.2, 0) is 0 Å². The number of hydrogen-bond donors (Lipinski definition) is 2. The van der Waals surface area contributed by atoms with Crippen LogP contribution < -0.4 is 5.73 Å². The van der Waals surface area contributed by atoms with Gasteiger partial charge < -0.3 is 10.8 Å². The fourth-order valence-electron chi connectivity index (χ4n) is 4.36. The highest BCUT2D eigenvalue weighted by molar-refractivity contribution is 5.02. The van der Waals surface area contributed by atoms with Crippen molar-refractivity contribution < 1.29 is 5.11 Å². The Hall–Kier alpha value is -0.0800. The van der Waals surface area contributed by atoms with E-state index >= 15 is 0 Å². The third-order valence-electron chi connectivity index (χ3n) is 5.51. The number of hydrogen-bond acceptors (Lipinski definition) is 2. The molecule has 1 fully saturated rings. The summed E-state index contributed by atoms with van der Waals surface area (Å²) in [5.74, 6) is 1.88. The molecule has 0 unspecified atom stereocenters. The maximum Gasteiger partial charge on any atom is 0.0720 e. The zero-order valence-corrected chi connectivity index (χ0v) is 14.4. The summed E-state index contributed by atoms with van der Waals surface area (Å²) in [7, 11) is 0. The van der Waals surface area contributed by atoms with Gasteiger partial charge in [0.05, 0.1) is 5.60 Å². The summed E-state index contributed by atoms with van der Waals surface area (Å²) >= 11 is 0. The highest BCUT2D eigenvalue weighted by Gasteiger charge is 2.50. The Bertz CT molecular complexity index is 267. The van der Waals surface area contributed by atoms with Gasteiger partial charge in [-0.15, -0.1) is 0 Å². The summed E-state index contributed by atoms with van der Waals surface area (Å²) < 4.78 is 0. The fraction of sp³-hybridized carbons (Fsp3) is 1.00. The first-order valence-electron chi connectivity index (χ1n) is 8.71. The van der Waals surface area contributed by atoms with Crippen molar-refractivity contribution in [3.8, 4) is 0 Å². The number of nitrogens with two attached hydrogens (primary N) is 1. The van der Waals surface area contributed by atoms with Gasteiger partial charge in [0.2, 0.25) is 0 Å². The largest absolute Gasteiger partial charge is 0.389 e. The number of aliphatic hydroxyl groups is 1. The molecule has 0 spiro atoms. The Balaban J connectivity index is 2.95. The van der Waals surface area contributed by atoms with Crippen LogP contribution in [0.3, 0.4) is 0 Å². The van der Waals surface area contributed by atoms with Gasteiger partial charge in [0, 0.05) is 12.0 Å². The molecule has 1 aliphatic rings. The molecule has 0 aromatic heterocycles. The van der Waals surface area contributed by atoms with E-state index in [1.54, 1.807) is 0 Å². The molecule has 0 heterocycles. The minimum absolute atomic E-state index is 0.0484. The van der Waals surface area contributed by atoms with Gasteiger partial charge in [-0.2, -0.15) is 0 Å². The third-order valence-corrected chi connectivity index (χ3v) is 5.51. The van der Waals surface area contributed by atoms with Gasteiger partial charge in [0.1, 0.15) is 0 Å². The summed E-state index contributed by atoms with van der Waals surface area (Å²) in [5, 5.41) is 11.5. The molecule has 0 amide bonds. The molecule has 0 atom stereocenters. The SMILES string of the molecule is CCC1CCC(CN)(C(O)(CC(C)C)CC(C)C)CC1. The van der Waals surface area contributed by atoms with Crippen LogP contribution in [0.25, 0.3) is 0 Å². The molecule has 2 nitrogen and oxygen atoms in total. The molecule has 0 aliphatic heterocycles. The van der Waals surface area contributed by atoms with Gasteiger partial charge in [-0.25, -0.2) is 0 Å². The molecule has 0 saturated heterocycles. The van der Waals surface area contributed by atoms with Crippen molar-refractivity contribution in [3.05, 3.63) is 0 Å². The van der Waals surface area contributed by atoms with Crippen LogP contribution in [-0.4, -0.2) is 17.3 Å². The third kappa shape index (κ3) is 3.98. The van der Waals surface area contributed by atoms with E-state index in [-0.39, 0.29) is 5.41 Å². The van der Waals surface area contributed by atoms with E-state index in [0.29, 0.717) is 18.4 Å². The van der Waals surface area contributed by atoms with E-state index < -0.39 is 5.60 Å². The number of rotatable bonds is 7. The molecule has 0 aromatic rings. The van der Waals surface area contributed by atoms with Crippen molar-refractivity contribution in [2.75, 3.05) is 6.54 Å². The van der Waals surface area contributed by atoms with E-state index in [9.17, 15) is 5.11 Å². The van der Waals surface area contributed by atoms with Gasteiger partial charge in [0.25, 0.3) is 0 Å². The van der Waals surface area contributed by atoms with E-state index in [2.05, 4.69) is 34.6 Å². The van der Waals surface area contributed by atoms with Crippen LogP contribution in [0.4, 0.5) is 0 Å². The van der Waals surface area contributed by atoms with Crippen LogP contribution in [0.15, 0.2) is 0 Å². The van der Waals surface area contributed by atoms with Gasteiger partial charge in [-0.1, -0.05) is 41.0 Å². The second kappa shape index (κ2) is 7.26. The monoisotopic (exact) mass is 283 g/mol. The van der Waals surface area contributed by atoms with Crippen LogP contribution in [0.2, 0.25) is 0 Å². The zero-order chi connectivity index (χ0) is 15.4. The average Bonchev–Trinajstić information content (AvgIpc) is 2.36.